The molecular weight excluding hydrogens is 727 g/mol. The molecule has 0 spiro atoms. The summed E-state index contributed by atoms with van der Waals surface area (Å²) in [7, 11) is 0. The first-order chi connectivity index (χ1) is 29.8. The lowest BCUT2D eigenvalue weighted by Crippen LogP contribution is -2.10. The quantitative estimate of drug-likeness (QED) is 0.168. The zero-order chi connectivity index (χ0) is 39.6. The topological polar surface area (TPSA) is 16.4 Å². The van der Waals surface area contributed by atoms with Crippen molar-refractivity contribution in [1.82, 2.24) is 0 Å². The van der Waals surface area contributed by atoms with Gasteiger partial charge in [-0.05, 0) is 107 Å². The molecule has 0 saturated heterocycles. The molecule has 12 aromatic rings. The fourth-order valence-electron chi connectivity index (χ4n) is 9.45. The molecule has 0 amide bonds. The Morgan fingerprint density at radius 2 is 0.817 bits per heavy atom. The lowest BCUT2D eigenvalue weighted by atomic mass is 9.91. The molecule has 0 radical (unpaired) electrons. The number of benzene rings is 11. The van der Waals surface area contributed by atoms with Crippen LogP contribution in [0.4, 0.5) is 17.1 Å². The van der Waals surface area contributed by atoms with E-state index in [-0.39, 0.29) is 0 Å². The van der Waals surface area contributed by atoms with E-state index < -0.39 is 0 Å². The third-order valence-corrected chi connectivity index (χ3v) is 12.2. The molecule has 0 aliphatic heterocycles. The SMILES string of the molecule is c1ccc(-c2cccc3cccc(-c4ccc(N(c5cc(-c6cccc7ccccc67)c6ccccc6c5)c5cccc6c5oc5c7ccccc7ccc65)cc4)c23)cc1. The number of hydrogen-bond donors (Lipinski definition) is 0. The Bertz CT molecular complexity index is 3590. The molecule has 1 heterocycles. The van der Waals surface area contributed by atoms with E-state index >= 15 is 0 Å². The Morgan fingerprint density at radius 3 is 1.57 bits per heavy atom. The highest BCUT2D eigenvalue weighted by Gasteiger charge is 2.22. The molecule has 12 rings (SSSR count). The summed E-state index contributed by atoms with van der Waals surface area (Å²) in [6.45, 7) is 0. The van der Waals surface area contributed by atoms with Crippen LogP contribution in [0.5, 0.6) is 0 Å². The standard InChI is InChI=1S/C58H37NO/c1-2-14-39(15-3-1)48-25-11-20-42-21-12-26-49(56(42)48)41-30-33-44(34-31-41)59(55-29-13-28-52-53-35-32-40-17-5-9-24-50(40)57(53)60-58(52)55)45-36-43-18-6-8-23-47(43)54(37-45)51-27-10-19-38-16-4-7-22-46(38)51/h1-37H. The van der Waals surface area contributed by atoms with Gasteiger partial charge in [-0.15, -0.1) is 0 Å². The molecule has 60 heavy (non-hydrogen) atoms. The van der Waals surface area contributed by atoms with E-state index in [0.717, 1.165) is 55.3 Å². The van der Waals surface area contributed by atoms with Gasteiger partial charge in [0.2, 0.25) is 0 Å². The average Bonchev–Trinajstić information content (AvgIpc) is 3.71. The van der Waals surface area contributed by atoms with Crippen LogP contribution < -0.4 is 4.90 Å². The first-order valence-electron chi connectivity index (χ1n) is 20.6. The molecule has 2 nitrogen and oxygen atoms in total. The van der Waals surface area contributed by atoms with Crippen LogP contribution in [0.15, 0.2) is 229 Å². The van der Waals surface area contributed by atoms with Crippen molar-refractivity contribution in [1.29, 1.82) is 0 Å². The van der Waals surface area contributed by atoms with Crippen LogP contribution in [-0.4, -0.2) is 0 Å². The van der Waals surface area contributed by atoms with Gasteiger partial charge in [0, 0.05) is 27.5 Å². The van der Waals surface area contributed by atoms with Gasteiger partial charge in [-0.25, -0.2) is 0 Å². The third kappa shape index (κ3) is 5.50. The van der Waals surface area contributed by atoms with Crippen LogP contribution in [0.25, 0.3) is 98.4 Å². The first kappa shape index (κ1) is 34.1. The number of fused-ring (bicyclic) bond motifs is 8. The van der Waals surface area contributed by atoms with Gasteiger partial charge in [0.15, 0.2) is 5.58 Å². The second kappa shape index (κ2) is 13.9. The lowest BCUT2D eigenvalue weighted by molar-refractivity contribution is 0.673. The van der Waals surface area contributed by atoms with Crippen LogP contribution >= 0.6 is 0 Å². The van der Waals surface area contributed by atoms with Gasteiger partial charge in [0.1, 0.15) is 5.58 Å². The van der Waals surface area contributed by atoms with Crippen molar-refractivity contribution in [3.63, 3.8) is 0 Å². The van der Waals surface area contributed by atoms with Gasteiger partial charge in [0.25, 0.3) is 0 Å². The smallest absolute Gasteiger partial charge is 0.159 e. The van der Waals surface area contributed by atoms with Gasteiger partial charge >= 0.3 is 0 Å². The van der Waals surface area contributed by atoms with Crippen LogP contribution in [-0.2, 0) is 0 Å². The van der Waals surface area contributed by atoms with Crippen LogP contribution in [0.3, 0.4) is 0 Å². The highest BCUT2D eigenvalue weighted by molar-refractivity contribution is 6.18. The Hall–Kier alpha value is -7.94. The average molecular weight is 764 g/mol. The molecule has 0 aliphatic carbocycles. The summed E-state index contributed by atoms with van der Waals surface area (Å²) < 4.78 is 7.04. The van der Waals surface area contributed by atoms with E-state index in [1.54, 1.807) is 0 Å². The second-order valence-electron chi connectivity index (χ2n) is 15.6. The molecule has 1 aromatic heterocycles. The van der Waals surface area contributed by atoms with Crippen molar-refractivity contribution in [2.75, 3.05) is 4.90 Å². The fraction of sp³-hybridized carbons (Fsp3) is 0. The van der Waals surface area contributed by atoms with Gasteiger partial charge in [-0.2, -0.15) is 0 Å². The number of anilines is 3. The van der Waals surface area contributed by atoms with Crippen molar-refractivity contribution in [2.24, 2.45) is 0 Å². The molecule has 0 bridgehead atoms. The number of furan rings is 1. The highest BCUT2D eigenvalue weighted by atomic mass is 16.3. The van der Waals surface area contributed by atoms with Gasteiger partial charge in [-0.3, -0.25) is 0 Å². The maximum absolute atomic E-state index is 7.04. The van der Waals surface area contributed by atoms with E-state index in [4.69, 9.17) is 4.42 Å². The number of rotatable bonds is 6. The summed E-state index contributed by atoms with van der Waals surface area (Å²) >= 11 is 0. The largest absolute Gasteiger partial charge is 0.453 e. The van der Waals surface area contributed by atoms with Crippen LogP contribution in [0.2, 0.25) is 0 Å². The maximum Gasteiger partial charge on any atom is 0.159 e. The second-order valence-corrected chi connectivity index (χ2v) is 15.6. The van der Waals surface area contributed by atoms with Crippen molar-refractivity contribution >= 4 is 82.1 Å². The summed E-state index contributed by atoms with van der Waals surface area (Å²) in [5, 5.41) is 11.8. The Kier molecular flexibility index (Phi) is 7.89. The van der Waals surface area contributed by atoms with Crippen molar-refractivity contribution in [3.8, 4) is 33.4 Å². The summed E-state index contributed by atoms with van der Waals surface area (Å²) in [6, 6.07) is 81.2. The minimum atomic E-state index is 0.856. The lowest BCUT2D eigenvalue weighted by Gasteiger charge is -2.27. The van der Waals surface area contributed by atoms with Crippen LogP contribution in [0.1, 0.15) is 0 Å². The first-order valence-corrected chi connectivity index (χ1v) is 20.6. The summed E-state index contributed by atoms with van der Waals surface area (Å²) in [5.74, 6) is 0. The molecular formula is C58H37NO. The Balaban J connectivity index is 1.10. The zero-order valence-corrected chi connectivity index (χ0v) is 32.7. The van der Waals surface area contributed by atoms with Crippen molar-refractivity contribution in [2.45, 2.75) is 0 Å². The zero-order valence-electron chi connectivity index (χ0n) is 32.7. The normalized spacial score (nSPS) is 11.7. The minimum absolute atomic E-state index is 0.856. The summed E-state index contributed by atoms with van der Waals surface area (Å²) in [5.41, 5.74) is 12.1. The minimum Gasteiger partial charge on any atom is -0.453 e. The predicted octanol–water partition coefficient (Wildman–Crippen LogP) is 16.7. The molecule has 0 aliphatic rings. The highest BCUT2D eigenvalue weighted by Crippen LogP contribution is 2.47. The van der Waals surface area contributed by atoms with Crippen LogP contribution in [0, 0.1) is 0 Å². The molecule has 11 aromatic carbocycles. The van der Waals surface area contributed by atoms with Gasteiger partial charge in [-0.1, -0.05) is 188 Å². The van der Waals surface area contributed by atoms with E-state index in [9.17, 15) is 0 Å². The molecule has 0 fully saturated rings. The molecule has 0 atom stereocenters. The van der Waals surface area contributed by atoms with Crippen molar-refractivity contribution < 1.29 is 4.42 Å². The monoisotopic (exact) mass is 763 g/mol. The van der Waals surface area contributed by atoms with Crippen molar-refractivity contribution in [3.05, 3.63) is 224 Å². The van der Waals surface area contributed by atoms with E-state index in [0.29, 0.717) is 0 Å². The third-order valence-electron chi connectivity index (χ3n) is 12.2. The van der Waals surface area contributed by atoms with E-state index in [2.05, 4.69) is 229 Å². The van der Waals surface area contributed by atoms with Gasteiger partial charge < -0.3 is 9.32 Å². The molecule has 0 N–H and O–H groups in total. The van der Waals surface area contributed by atoms with Gasteiger partial charge in [0.05, 0.1) is 5.69 Å². The molecule has 0 saturated carbocycles. The Labute approximate surface area is 347 Å². The fourth-order valence-corrected chi connectivity index (χ4v) is 9.45. The van der Waals surface area contributed by atoms with E-state index in [1.165, 1.54) is 60.1 Å². The summed E-state index contributed by atoms with van der Waals surface area (Å²) in [4.78, 5) is 2.39. The molecule has 2 heteroatoms. The number of nitrogens with zero attached hydrogens (tertiary/aromatic N) is 1. The summed E-state index contributed by atoms with van der Waals surface area (Å²) in [6.07, 6.45) is 0. The van der Waals surface area contributed by atoms with E-state index in [1.807, 2.05) is 0 Å². The molecule has 280 valence electrons. The predicted molar refractivity (Wildman–Crippen MR) is 255 cm³/mol. The maximum atomic E-state index is 7.04. The number of para-hydroxylation sites is 1. The molecule has 0 unspecified atom stereocenters. The number of hydrogen-bond acceptors (Lipinski definition) is 2. The Morgan fingerprint density at radius 1 is 0.283 bits per heavy atom.